The van der Waals surface area contributed by atoms with Crippen molar-refractivity contribution in [3.63, 3.8) is 0 Å². The molecule has 1 aromatic carbocycles. The van der Waals surface area contributed by atoms with Gasteiger partial charge in [-0.15, -0.1) is 0 Å². The Kier molecular flexibility index (Phi) is 3.43. The monoisotopic (exact) mass is 267 g/mol. The SMILES string of the molecule is Cc1ccc(C(=O)N(C)[C@@H]2CCS(=O)(=O)C2)cc1. The molecule has 5 heteroatoms. The van der Waals surface area contributed by atoms with Crippen LogP contribution in [0.4, 0.5) is 0 Å². The van der Waals surface area contributed by atoms with Gasteiger partial charge in [-0.1, -0.05) is 17.7 Å². The molecule has 0 N–H and O–H groups in total. The summed E-state index contributed by atoms with van der Waals surface area (Å²) in [6.07, 6.45) is 0.538. The van der Waals surface area contributed by atoms with Gasteiger partial charge in [0.1, 0.15) is 0 Å². The molecule has 0 aromatic heterocycles. The Balaban J connectivity index is 2.12. The van der Waals surface area contributed by atoms with E-state index in [1.54, 1.807) is 24.1 Å². The van der Waals surface area contributed by atoms with E-state index in [2.05, 4.69) is 0 Å². The van der Waals surface area contributed by atoms with Crippen LogP contribution in [0.5, 0.6) is 0 Å². The number of aryl methyl sites for hydroxylation is 1. The molecule has 1 atom stereocenters. The Hall–Kier alpha value is -1.36. The van der Waals surface area contributed by atoms with Crippen LogP contribution in [0.3, 0.4) is 0 Å². The maximum Gasteiger partial charge on any atom is 0.253 e. The summed E-state index contributed by atoms with van der Waals surface area (Å²) in [5, 5.41) is 0. The number of amides is 1. The minimum atomic E-state index is -2.96. The van der Waals surface area contributed by atoms with E-state index in [1.807, 2.05) is 19.1 Å². The van der Waals surface area contributed by atoms with Crippen LogP contribution in [0.2, 0.25) is 0 Å². The lowest BCUT2D eigenvalue weighted by Crippen LogP contribution is -2.37. The lowest BCUT2D eigenvalue weighted by atomic mass is 10.1. The van der Waals surface area contributed by atoms with E-state index < -0.39 is 9.84 Å². The minimum Gasteiger partial charge on any atom is -0.338 e. The van der Waals surface area contributed by atoms with Crippen molar-refractivity contribution >= 4 is 15.7 Å². The summed E-state index contributed by atoms with van der Waals surface area (Å²) >= 11 is 0. The Morgan fingerprint density at radius 1 is 1.28 bits per heavy atom. The molecule has 1 aliphatic rings. The number of rotatable bonds is 2. The molecular weight excluding hydrogens is 250 g/mol. The lowest BCUT2D eigenvalue weighted by molar-refractivity contribution is 0.0747. The van der Waals surface area contributed by atoms with Crippen molar-refractivity contribution in [1.29, 1.82) is 0 Å². The quantitative estimate of drug-likeness (QED) is 0.810. The topological polar surface area (TPSA) is 54.5 Å². The van der Waals surface area contributed by atoms with Crippen LogP contribution in [-0.2, 0) is 9.84 Å². The highest BCUT2D eigenvalue weighted by molar-refractivity contribution is 7.91. The van der Waals surface area contributed by atoms with Gasteiger partial charge in [0.2, 0.25) is 0 Å². The summed E-state index contributed by atoms with van der Waals surface area (Å²) < 4.78 is 22.8. The second kappa shape index (κ2) is 4.72. The molecule has 0 saturated carbocycles. The van der Waals surface area contributed by atoms with E-state index >= 15 is 0 Å². The number of nitrogens with zero attached hydrogens (tertiary/aromatic N) is 1. The van der Waals surface area contributed by atoms with Crippen LogP contribution in [0.25, 0.3) is 0 Å². The second-order valence-corrected chi connectivity index (χ2v) is 7.07. The standard InChI is InChI=1S/C13H17NO3S/c1-10-3-5-11(6-4-10)13(15)14(2)12-7-8-18(16,17)9-12/h3-6,12H,7-9H2,1-2H3/t12-/m1/s1. The molecule has 1 fully saturated rings. The number of carbonyl (C=O) groups is 1. The summed E-state index contributed by atoms with van der Waals surface area (Å²) in [6.45, 7) is 1.96. The van der Waals surface area contributed by atoms with Gasteiger partial charge in [0, 0.05) is 18.7 Å². The van der Waals surface area contributed by atoms with Crippen LogP contribution in [0.1, 0.15) is 22.3 Å². The summed E-state index contributed by atoms with van der Waals surface area (Å²) in [6, 6.07) is 7.12. The molecule has 1 saturated heterocycles. The molecule has 18 heavy (non-hydrogen) atoms. The van der Waals surface area contributed by atoms with E-state index in [0.29, 0.717) is 12.0 Å². The summed E-state index contributed by atoms with van der Waals surface area (Å²) in [4.78, 5) is 13.7. The predicted octanol–water partition coefficient (Wildman–Crippen LogP) is 1.25. The van der Waals surface area contributed by atoms with Crippen LogP contribution in [0, 0.1) is 6.92 Å². The lowest BCUT2D eigenvalue weighted by Gasteiger charge is -2.23. The van der Waals surface area contributed by atoms with E-state index in [9.17, 15) is 13.2 Å². The van der Waals surface area contributed by atoms with Crippen LogP contribution < -0.4 is 0 Å². The van der Waals surface area contributed by atoms with Gasteiger partial charge in [0.15, 0.2) is 9.84 Å². The van der Waals surface area contributed by atoms with Gasteiger partial charge in [-0.05, 0) is 25.5 Å². The average Bonchev–Trinajstić information content (AvgIpc) is 2.69. The van der Waals surface area contributed by atoms with Crippen LogP contribution in [-0.4, -0.2) is 43.8 Å². The number of carbonyl (C=O) groups excluding carboxylic acids is 1. The number of hydrogen-bond acceptors (Lipinski definition) is 3. The molecule has 1 aromatic rings. The molecule has 1 amide bonds. The number of hydrogen-bond donors (Lipinski definition) is 0. The molecule has 0 aliphatic carbocycles. The van der Waals surface area contributed by atoms with Crippen molar-refractivity contribution < 1.29 is 13.2 Å². The highest BCUT2D eigenvalue weighted by Gasteiger charge is 2.32. The molecule has 4 nitrogen and oxygen atoms in total. The molecule has 1 aliphatic heterocycles. The first kappa shape index (κ1) is 13.1. The molecule has 0 spiro atoms. The van der Waals surface area contributed by atoms with Crippen molar-refractivity contribution in [2.45, 2.75) is 19.4 Å². The maximum atomic E-state index is 12.2. The summed E-state index contributed by atoms with van der Waals surface area (Å²) in [5.41, 5.74) is 1.70. The van der Waals surface area contributed by atoms with Gasteiger partial charge in [0.25, 0.3) is 5.91 Å². The highest BCUT2D eigenvalue weighted by Crippen LogP contribution is 2.18. The normalized spacial score (nSPS) is 21.8. The fraction of sp³-hybridized carbons (Fsp3) is 0.462. The molecular formula is C13H17NO3S. The van der Waals surface area contributed by atoms with Crippen molar-refractivity contribution in [3.8, 4) is 0 Å². The van der Waals surface area contributed by atoms with Crippen LogP contribution >= 0.6 is 0 Å². The zero-order valence-corrected chi connectivity index (χ0v) is 11.4. The fourth-order valence-corrected chi connectivity index (χ4v) is 3.92. The van der Waals surface area contributed by atoms with Gasteiger partial charge >= 0.3 is 0 Å². The Morgan fingerprint density at radius 2 is 1.89 bits per heavy atom. The summed E-state index contributed by atoms with van der Waals surface area (Å²) in [5.74, 6) is 0.154. The average molecular weight is 267 g/mol. The first-order valence-electron chi connectivity index (χ1n) is 5.93. The maximum absolute atomic E-state index is 12.2. The second-order valence-electron chi connectivity index (χ2n) is 4.84. The zero-order valence-electron chi connectivity index (χ0n) is 10.6. The molecule has 1 heterocycles. The van der Waals surface area contributed by atoms with E-state index in [4.69, 9.17) is 0 Å². The van der Waals surface area contributed by atoms with E-state index in [0.717, 1.165) is 5.56 Å². The van der Waals surface area contributed by atoms with Crippen LogP contribution in [0.15, 0.2) is 24.3 Å². The third kappa shape index (κ3) is 2.72. The van der Waals surface area contributed by atoms with Gasteiger partial charge in [-0.3, -0.25) is 4.79 Å². The predicted molar refractivity (Wildman–Crippen MR) is 70.3 cm³/mol. The number of sulfone groups is 1. The molecule has 0 radical (unpaired) electrons. The van der Waals surface area contributed by atoms with Gasteiger partial charge in [0.05, 0.1) is 11.5 Å². The van der Waals surface area contributed by atoms with E-state index in [-0.39, 0.29) is 23.5 Å². The molecule has 98 valence electrons. The smallest absolute Gasteiger partial charge is 0.253 e. The zero-order chi connectivity index (χ0) is 13.3. The van der Waals surface area contributed by atoms with Crippen molar-refractivity contribution in [2.75, 3.05) is 18.6 Å². The van der Waals surface area contributed by atoms with Crippen molar-refractivity contribution in [1.82, 2.24) is 4.90 Å². The van der Waals surface area contributed by atoms with Gasteiger partial charge in [-0.2, -0.15) is 0 Å². The van der Waals surface area contributed by atoms with E-state index in [1.165, 1.54) is 0 Å². The Morgan fingerprint density at radius 3 is 2.39 bits per heavy atom. The molecule has 0 bridgehead atoms. The largest absolute Gasteiger partial charge is 0.338 e. The highest BCUT2D eigenvalue weighted by atomic mass is 32.2. The molecule has 0 unspecified atom stereocenters. The molecule has 2 rings (SSSR count). The fourth-order valence-electron chi connectivity index (χ4n) is 2.15. The van der Waals surface area contributed by atoms with Gasteiger partial charge in [-0.25, -0.2) is 8.42 Å². The summed E-state index contributed by atoms with van der Waals surface area (Å²) in [7, 11) is -1.28. The van der Waals surface area contributed by atoms with Gasteiger partial charge < -0.3 is 4.90 Å². The Bertz CT molecular complexity index is 548. The first-order valence-corrected chi connectivity index (χ1v) is 7.75. The number of benzene rings is 1. The van der Waals surface area contributed by atoms with Crippen molar-refractivity contribution in [2.24, 2.45) is 0 Å². The van der Waals surface area contributed by atoms with Crippen molar-refractivity contribution in [3.05, 3.63) is 35.4 Å². The third-order valence-electron chi connectivity index (χ3n) is 3.37. The minimum absolute atomic E-state index is 0.0844. The first-order chi connectivity index (χ1) is 8.39. The Labute approximate surface area is 108 Å². The third-order valence-corrected chi connectivity index (χ3v) is 5.13.